The summed E-state index contributed by atoms with van der Waals surface area (Å²) in [5, 5.41) is 0. The molecule has 1 fully saturated rings. The minimum Gasteiger partial charge on any atom is -0.304 e. The molecule has 0 radical (unpaired) electrons. The Labute approximate surface area is 114 Å². The maximum atomic E-state index is 13.5. The van der Waals surface area contributed by atoms with E-state index in [-0.39, 0.29) is 24.1 Å². The average Bonchev–Trinajstić information content (AvgIpc) is 2.37. The minimum absolute atomic E-state index is 0.109. The Morgan fingerprint density at radius 1 is 1.32 bits per heavy atom. The maximum absolute atomic E-state index is 13.5. The Balaban J connectivity index is 1.92. The SMILES string of the molecule is CN1CCN(C)C(CC(=O)Cc2ccccc2F)C1. The lowest BCUT2D eigenvalue weighted by Crippen LogP contribution is -2.50. The number of rotatable bonds is 4. The van der Waals surface area contributed by atoms with Crippen LogP contribution in [0.1, 0.15) is 12.0 Å². The number of carbonyl (C=O) groups is 1. The molecule has 2 rings (SSSR count). The topological polar surface area (TPSA) is 23.6 Å². The monoisotopic (exact) mass is 264 g/mol. The van der Waals surface area contributed by atoms with Gasteiger partial charge in [0.1, 0.15) is 11.6 Å². The van der Waals surface area contributed by atoms with E-state index in [0.717, 1.165) is 19.6 Å². The Bertz CT molecular complexity index is 450. The van der Waals surface area contributed by atoms with Crippen LogP contribution < -0.4 is 0 Å². The van der Waals surface area contributed by atoms with Gasteiger partial charge in [0.2, 0.25) is 0 Å². The van der Waals surface area contributed by atoms with E-state index in [4.69, 9.17) is 0 Å². The fourth-order valence-corrected chi connectivity index (χ4v) is 2.51. The third-order valence-electron chi connectivity index (χ3n) is 3.79. The smallest absolute Gasteiger partial charge is 0.138 e. The number of benzene rings is 1. The van der Waals surface area contributed by atoms with Crippen molar-refractivity contribution in [1.29, 1.82) is 0 Å². The molecule has 1 heterocycles. The number of piperazine rings is 1. The minimum atomic E-state index is -0.287. The molecule has 0 spiro atoms. The summed E-state index contributed by atoms with van der Waals surface area (Å²) in [4.78, 5) is 16.5. The standard InChI is InChI=1S/C15H21FN2O/c1-17-7-8-18(2)13(11-17)10-14(19)9-12-5-3-4-6-15(12)16/h3-6,13H,7-11H2,1-2H3. The van der Waals surface area contributed by atoms with Crippen molar-refractivity contribution in [3.8, 4) is 0 Å². The molecule has 19 heavy (non-hydrogen) atoms. The van der Waals surface area contributed by atoms with E-state index in [0.29, 0.717) is 12.0 Å². The number of hydrogen-bond donors (Lipinski definition) is 0. The zero-order valence-electron chi connectivity index (χ0n) is 11.6. The van der Waals surface area contributed by atoms with E-state index >= 15 is 0 Å². The van der Waals surface area contributed by atoms with Gasteiger partial charge in [-0.2, -0.15) is 0 Å². The van der Waals surface area contributed by atoms with E-state index in [1.54, 1.807) is 18.2 Å². The molecule has 0 amide bonds. The van der Waals surface area contributed by atoms with Crippen LogP contribution in [0.5, 0.6) is 0 Å². The van der Waals surface area contributed by atoms with Crippen LogP contribution in [-0.4, -0.2) is 55.4 Å². The fraction of sp³-hybridized carbons (Fsp3) is 0.533. The first-order valence-corrected chi connectivity index (χ1v) is 6.70. The molecule has 0 N–H and O–H groups in total. The maximum Gasteiger partial charge on any atom is 0.138 e. The summed E-state index contributed by atoms with van der Waals surface area (Å²) in [7, 11) is 4.12. The summed E-state index contributed by atoms with van der Waals surface area (Å²) in [6.45, 7) is 2.92. The molecule has 1 atom stereocenters. The highest BCUT2D eigenvalue weighted by molar-refractivity contribution is 5.81. The second kappa shape index (κ2) is 6.26. The van der Waals surface area contributed by atoms with Crippen molar-refractivity contribution in [3.63, 3.8) is 0 Å². The van der Waals surface area contributed by atoms with E-state index in [1.165, 1.54) is 6.07 Å². The van der Waals surface area contributed by atoms with Gasteiger partial charge >= 0.3 is 0 Å². The molecule has 1 unspecified atom stereocenters. The molecule has 1 aliphatic rings. The lowest BCUT2D eigenvalue weighted by atomic mass is 10.0. The van der Waals surface area contributed by atoms with E-state index in [1.807, 2.05) is 7.05 Å². The molecule has 0 bridgehead atoms. The molecular weight excluding hydrogens is 243 g/mol. The molecule has 1 aliphatic heterocycles. The molecule has 0 saturated carbocycles. The number of Topliss-reactive ketones (excluding diaryl/α,β-unsaturated/α-hetero) is 1. The number of halogens is 1. The second-order valence-corrected chi connectivity index (χ2v) is 5.41. The van der Waals surface area contributed by atoms with Crippen molar-refractivity contribution < 1.29 is 9.18 Å². The van der Waals surface area contributed by atoms with Crippen molar-refractivity contribution in [2.75, 3.05) is 33.7 Å². The molecule has 0 aromatic heterocycles. The third kappa shape index (κ3) is 3.85. The summed E-state index contributed by atoms with van der Waals surface area (Å²) in [5.41, 5.74) is 0.499. The highest BCUT2D eigenvalue weighted by Crippen LogP contribution is 2.13. The van der Waals surface area contributed by atoms with Crippen LogP contribution in [0, 0.1) is 5.82 Å². The summed E-state index contributed by atoms with van der Waals surface area (Å²) >= 11 is 0. The Morgan fingerprint density at radius 2 is 2.05 bits per heavy atom. The zero-order valence-corrected chi connectivity index (χ0v) is 11.6. The Kier molecular flexibility index (Phi) is 4.66. The van der Waals surface area contributed by atoms with Gasteiger partial charge in [0.25, 0.3) is 0 Å². The van der Waals surface area contributed by atoms with Gasteiger partial charge in [0.15, 0.2) is 0 Å². The van der Waals surface area contributed by atoms with Gasteiger partial charge in [-0.05, 0) is 25.7 Å². The molecule has 104 valence electrons. The van der Waals surface area contributed by atoms with Gasteiger partial charge in [-0.3, -0.25) is 4.79 Å². The molecular formula is C15H21FN2O. The van der Waals surface area contributed by atoms with Gasteiger partial charge in [0.05, 0.1) is 0 Å². The van der Waals surface area contributed by atoms with Crippen LogP contribution in [0.15, 0.2) is 24.3 Å². The van der Waals surface area contributed by atoms with Crippen LogP contribution in [0.4, 0.5) is 4.39 Å². The predicted octanol–water partition coefficient (Wildman–Crippen LogP) is 1.57. The molecule has 1 aromatic carbocycles. The Morgan fingerprint density at radius 3 is 2.79 bits per heavy atom. The van der Waals surface area contributed by atoms with Gasteiger partial charge < -0.3 is 9.80 Å². The highest BCUT2D eigenvalue weighted by atomic mass is 19.1. The first-order valence-electron chi connectivity index (χ1n) is 6.70. The molecule has 1 aromatic rings. The number of hydrogen-bond acceptors (Lipinski definition) is 3. The Hall–Kier alpha value is -1.26. The first kappa shape index (κ1) is 14.2. The molecule has 3 nitrogen and oxygen atoms in total. The van der Waals surface area contributed by atoms with Crippen LogP contribution >= 0.6 is 0 Å². The number of ketones is 1. The van der Waals surface area contributed by atoms with E-state index < -0.39 is 0 Å². The quantitative estimate of drug-likeness (QED) is 0.825. The van der Waals surface area contributed by atoms with Crippen LogP contribution in [-0.2, 0) is 11.2 Å². The van der Waals surface area contributed by atoms with Crippen molar-refractivity contribution >= 4 is 5.78 Å². The van der Waals surface area contributed by atoms with E-state index in [2.05, 4.69) is 16.8 Å². The number of likely N-dealkylation sites (N-methyl/N-ethyl adjacent to an activating group) is 2. The first-order chi connectivity index (χ1) is 9.06. The molecule has 0 aliphatic carbocycles. The summed E-state index contributed by atoms with van der Waals surface area (Å²) in [6, 6.07) is 6.75. The van der Waals surface area contributed by atoms with Gasteiger partial charge in [-0.25, -0.2) is 4.39 Å². The van der Waals surface area contributed by atoms with Gasteiger partial charge in [-0.15, -0.1) is 0 Å². The van der Waals surface area contributed by atoms with Crippen LogP contribution in [0.3, 0.4) is 0 Å². The fourth-order valence-electron chi connectivity index (χ4n) is 2.51. The van der Waals surface area contributed by atoms with Crippen molar-refractivity contribution in [1.82, 2.24) is 9.80 Å². The third-order valence-corrected chi connectivity index (χ3v) is 3.79. The molecule has 4 heteroatoms. The van der Waals surface area contributed by atoms with Crippen molar-refractivity contribution in [2.45, 2.75) is 18.9 Å². The lowest BCUT2D eigenvalue weighted by molar-refractivity contribution is -0.120. The molecule has 1 saturated heterocycles. The van der Waals surface area contributed by atoms with Crippen LogP contribution in [0.25, 0.3) is 0 Å². The summed E-state index contributed by atoms with van der Waals surface area (Å²) in [5.74, 6) is -0.179. The number of nitrogens with zero attached hydrogens (tertiary/aromatic N) is 2. The predicted molar refractivity (Wildman–Crippen MR) is 73.6 cm³/mol. The van der Waals surface area contributed by atoms with Crippen molar-refractivity contribution in [2.24, 2.45) is 0 Å². The zero-order chi connectivity index (χ0) is 13.8. The van der Waals surface area contributed by atoms with Crippen molar-refractivity contribution in [3.05, 3.63) is 35.6 Å². The summed E-state index contributed by atoms with van der Waals surface area (Å²) < 4.78 is 13.5. The largest absolute Gasteiger partial charge is 0.304 e. The normalized spacial score (nSPS) is 21.5. The average molecular weight is 264 g/mol. The van der Waals surface area contributed by atoms with Gasteiger partial charge in [0, 0.05) is 38.5 Å². The van der Waals surface area contributed by atoms with E-state index in [9.17, 15) is 9.18 Å². The van der Waals surface area contributed by atoms with Crippen LogP contribution in [0.2, 0.25) is 0 Å². The second-order valence-electron chi connectivity index (χ2n) is 5.41. The highest BCUT2D eigenvalue weighted by Gasteiger charge is 2.24. The lowest BCUT2D eigenvalue weighted by Gasteiger charge is -2.37. The number of carbonyl (C=O) groups excluding carboxylic acids is 1. The van der Waals surface area contributed by atoms with Gasteiger partial charge in [-0.1, -0.05) is 18.2 Å². The summed E-state index contributed by atoms with van der Waals surface area (Å²) in [6.07, 6.45) is 0.690.